The summed E-state index contributed by atoms with van der Waals surface area (Å²) in [7, 11) is 3.48. The Labute approximate surface area is 149 Å². The molecule has 5 nitrogen and oxygen atoms in total. The lowest BCUT2D eigenvalue weighted by Crippen LogP contribution is -2.41. The van der Waals surface area contributed by atoms with Gasteiger partial charge in [0.2, 0.25) is 5.91 Å². The van der Waals surface area contributed by atoms with E-state index in [4.69, 9.17) is 0 Å². The molecule has 1 aliphatic heterocycles. The van der Waals surface area contributed by atoms with Crippen molar-refractivity contribution < 1.29 is 4.79 Å². The molecule has 1 saturated heterocycles. The van der Waals surface area contributed by atoms with Crippen molar-refractivity contribution in [2.24, 2.45) is 4.99 Å². The average Bonchev–Trinajstić information content (AvgIpc) is 2.90. The summed E-state index contributed by atoms with van der Waals surface area (Å²) in [6.45, 7) is 7.55. The van der Waals surface area contributed by atoms with Gasteiger partial charge in [0.05, 0.1) is 0 Å². The van der Waals surface area contributed by atoms with Gasteiger partial charge in [0.25, 0.3) is 0 Å². The SMILES string of the molecule is C=C(C)CNC(=NCC(=O)N(C)C)NCC1CCCS1.I. The van der Waals surface area contributed by atoms with Crippen molar-refractivity contribution in [3.63, 3.8) is 0 Å². The Morgan fingerprint density at radius 1 is 1.43 bits per heavy atom. The number of nitrogens with one attached hydrogen (secondary N) is 2. The third-order valence-electron chi connectivity index (χ3n) is 2.95. The number of thioether (sulfide) groups is 1. The predicted octanol–water partition coefficient (Wildman–Crippen LogP) is 1.70. The number of guanidine groups is 1. The fourth-order valence-electron chi connectivity index (χ4n) is 1.71. The van der Waals surface area contributed by atoms with E-state index in [-0.39, 0.29) is 36.4 Å². The van der Waals surface area contributed by atoms with Gasteiger partial charge in [-0.3, -0.25) is 4.79 Å². The number of aliphatic imine (C=N–C) groups is 1. The number of nitrogens with zero attached hydrogens (tertiary/aromatic N) is 2. The molecule has 1 fully saturated rings. The van der Waals surface area contributed by atoms with Gasteiger partial charge in [-0.2, -0.15) is 11.8 Å². The van der Waals surface area contributed by atoms with Gasteiger partial charge in [0, 0.05) is 32.4 Å². The number of likely N-dealkylation sites (N-methyl/N-ethyl adjacent to an activating group) is 1. The molecule has 1 unspecified atom stereocenters. The summed E-state index contributed by atoms with van der Waals surface area (Å²) in [5.41, 5.74) is 1.04. The summed E-state index contributed by atoms with van der Waals surface area (Å²) >= 11 is 2.00. The van der Waals surface area contributed by atoms with Gasteiger partial charge in [-0.25, -0.2) is 4.99 Å². The van der Waals surface area contributed by atoms with Crippen molar-refractivity contribution >= 4 is 47.6 Å². The van der Waals surface area contributed by atoms with Crippen molar-refractivity contribution in [3.05, 3.63) is 12.2 Å². The summed E-state index contributed by atoms with van der Waals surface area (Å²) in [4.78, 5) is 17.5. The number of halogens is 1. The van der Waals surface area contributed by atoms with E-state index in [1.54, 1.807) is 19.0 Å². The lowest BCUT2D eigenvalue weighted by molar-refractivity contribution is -0.127. The van der Waals surface area contributed by atoms with Crippen LogP contribution in [0.2, 0.25) is 0 Å². The highest BCUT2D eigenvalue weighted by Gasteiger charge is 2.15. The Balaban J connectivity index is 0.00000400. The van der Waals surface area contributed by atoms with E-state index in [9.17, 15) is 4.79 Å². The van der Waals surface area contributed by atoms with E-state index in [1.165, 1.54) is 18.6 Å². The summed E-state index contributed by atoms with van der Waals surface area (Å²) in [5, 5.41) is 7.16. The molecule has 0 aromatic carbocycles. The molecule has 0 bridgehead atoms. The first kappa shape index (κ1) is 20.6. The molecule has 1 heterocycles. The zero-order valence-electron chi connectivity index (χ0n) is 13.1. The Bertz CT molecular complexity index is 368. The molecular weight excluding hydrogens is 399 g/mol. The summed E-state index contributed by atoms with van der Waals surface area (Å²) < 4.78 is 0. The van der Waals surface area contributed by atoms with Crippen LogP contribution < -0.4 is 10.6 Å². The van der Waals surface area contributed by atoms with Crippen LogP contribution in [0.15, 0.2) is 17.1 Å². The van der Waals surface area contributed by atoms with Gasteiger partial charge in [-0.05, 0) is 25.5 Å². The first-order valence-corrected chi connectivity index (χ1v) is 8.02. The van der Waals surface area contributed by atoms with Crippen molar-refractivity contribution in [1.29, 1.82) is 0 Å². The molecule has 122 valence electrons. The Hall–Kier alpha value is -0.440. The maximum absolute atomic E-state index is 11.6. The minimum Gasteiger partial charge on any atom is -0.355 e. The van der Waals surface area contributed by atoms with E-state index < -0.39 is 0 Å². The highest BCUT2D eigenvalue weighted by molar-refractivity contribution is 14.0. The molecular formula is C14H27IN4OS. The van der Waals surface area contributed by atoms with Gasteiger partial charge >= 0.3 is 0 Å². The van der Waals surface area contributed by atoms with Crippen LogP contribution in [0.4, 0.5) is 0 Å². The fourth-order valence-corrected chi connectivity index (χ4v) is 2.91. The highest BCUT2D eigenvalue weighted by atomic mass is 127. The van der Waals surface area contributed by atoms with E-state index in [2.05, 4.69) is 22.2 Å². The molecule has 1 aliphatic rings. The largest absolute Gasteiger partial charge is 0.355 e. The van der Waals surface area contributed by atoms with Crippen molar-refractivity contribution in [3.8, 4) is 0 Å². The predicted molar refractivity (Wildman–Crippen MR) is 103 cm³/mol. The molecule has 1 rings (SSSR count). The number of amides is 1. The third kappa shape index (κ3) is 9.23. The Morgan fingerprint density at radius 3 is 2.67 bits per heavy atom. The highest BCUT2D eigenvalue weighted by Crippen LogP contribution is 2.25. The quantitative estimate of drug-likeness (QED) is 0.294. The monoisotopic (exact) mass is 426 g/mol. The van der Waals surface area contributed by atoms with Crippen LogP contribution in [-0.4, -0.2) is 61.5 Å². The molecule has 0 aromatic rings. The van der Waals surface area contributed by atoms with Gasteiger partial charge in [0.15, 0.2) is 5.96 Å². The number of hydrogen-bond acceptors (Lipinski definition) is 3. The third-order valence-corrected chi connectivity index (χ3v) is 4.35. The molecule has 0 radical (unpaired) electrons. The van der Waals surface area contributed by atoms with Crippen LogP contribution in [0.5, 0.6) is 0 Å². The molecule has 1 atom stereocenters. The lowest BCUT2D eigenvalue weighted by atomic mass is 10.2. The van der Waals surface area contributed by atoms with Crippen LogP contribution >= 0.6 is 35.7 Å². The van der Waals surface area contributed by atoms with Crippen LogP contribution in [0, 0.1) is 0 Å². The van der Waals surface area contributed by atoms with Crippen molar-refractivity contribution in [1.82, 2.24) is 15.5 Å². The smallest absolute Gasteiger partial charge is 0.243 e. The van der Waals surface area contributed by atoms with Crippen molar-refractivity contribution in [2.45, 2.75) is 25.0 Å². The normalized spacial score (nSPS) is 17.9. The first-order chi connectivity index (χ1) is 9.49. The fraction of sp³-hybridized carbons (Fsp3) is 0.714. The maximum atomic E-state index is 11.6. The Morgan fingerprint density at radius 2 is 2.14 bits per heavy atom. The van der Waals surface area contributed by atoms with Crippen LogP contribution in [-0.2, 0) is 4.79 Å². The second-order valence-electron chi connectivity index (χ2n) is 5.28. The van der Waals surface area contributed by atoms with Crippen LogP contribution in [0.1, 0.15) is 19.8 Å². The van der Waals surface area contributed by atoms with Gasteiger partial charge in [-0.15, -0.1) is 24.0 Å². The molecule has 0 aliphatic carbocycles. The standard InChI is InChI=1S/C14H26N4OS.HI/c1-11(2)8-15-14(17-10-13(19)18(3)4)16-9-12-6-5-7-20-12;/h12H,1,5-10H2,2-4H3,(H2,15,16,17);1H. The van der Waals surface area contributed by atoms with E-state index in [0.29, 0.717) is 17.8 Å². The minimum absolute atomic E-state index is 0. The van der Waals surface area contributed by atoms with Gasteiger partial charge in [0.1, 0.15) is 6.54 Å². The first-order valence-electron chi connectivity index (χ1n) is 6.97. The molecule has 0 aromatic heterocycles. The second-order valence-corrected chi connectivity index (χ2v) is 6.69. The molecule has 0 spiro atoms. The molecule has 0 saturated carbocycles. The van der Waals surface area contributed by atoms with E-state index >= 15 is 0 Å². The number of carbonyl (C=O) groups is 1. The van der Waals surface area contributed by atoms with E-state index in [1.807, 2.05) is 18.7 Å². The average molecular weight is 426 g/mol. The summed E-state index contributed by atoms with van der Waals surface area (Å²) in [6.07, 6.45) is 2.55. The molecule has 1 amide bonds. The van der Waals surface area contributed by atoms with E-state index in [0.717, 1.165) is 12.1 Å². The Kier molecular flexibility index (Phi) is 10.9. The zero-order valence-corrected chi connectivity index (χ0v) is 16.3. The van der Waals surface area contributed by atoms with Gasteiger partial charge < -0.3 is 15.5 Å². The minimum atomic E-state index is -0.00309. The number of rotatable bonds is 6. The number of carbonyl (C=O) groups excluding carboxylic acids is 1. The maximum Gasteiger partial charge on any atom is 0.243 e. The van der Waals surface area contributed by atoms with Crippen LogP contribution in [0.3, 0.4) is 0 Å². The molecule has 7 heteroatoms. The second kappa shape index (κ2) is 11.2. The lowest BCUT2D eigenvalue weighted by Gasteiger charge is -2.16. The van der Waals surface area contributed by atoms with Gasteiger partial charge in [-0.1, -0.05) is 12.2 Å². The van der Waals surface area contributed by atoms with Crippen molar-refractivity contribution in [2.75, 3.05) is 39.5 Å². The number of hydrogen-bond donors (Lipinski definition) is 2. The topological polar surface area (TPSA) is 56.7 Å². The summed E-state index contributed by atoms with van der Waals surface area (Å²) in [6, 6.07) is 0. The molecule has 21 heavy (non-hydrogen) atoms. The van der Waals surface area contributed by atoms with Crippen LogP contribution in [0.25, 0.3) is 0 Å². The zero-order chi connectivity index (χ0) is 15.0. The molecule has 2 N–H and O–H groups in total. The summed E-state index contributed by atoms with van der Waals surface area (Å²) in [5.74, 6) is 1.93.